The highest BCUT2D eigenvalue weighted by Gasteiger charge is 2.09. The number of anilines is 1. The second kappa shape index (κ2) is 4.18. The number of aromatic nitrogens is 2. The number of aryl methyl sites for hydroxylation is 1. The second-order valence-electron chi connectivity index (χ2n) is 3.18. The fourth-order valence-corrected chi connectivity index (χ4v) is 0.928. The SMILES string of the molecule is Cc1ccc(N(C)C(C)CO)nn1. The predicted octanol–water partition coefficient (Wildman–Crippen LogP) is 0.602. The van der Waals surface area contributed by atoms with Gasteiger partial charge in [0.2, 0.25) is 0 Å². The Morgan fingerprint density at radius 3 is 2.62 bits per heavy atom. The van der Waals surface area contributed by atoms with E-state index in [2.05, 4.69) is 10.2 Å². The van der Waals surface area contributed by atoms with Gasteiger partial charge in [-0.25, -0.2) is 0 Å². The highest BCUT2D eigenvalue weighted by atomic mass is 16.3. The largest absolute Gasteiger partial charge is 0.394 e. The third kappa shape index (κ3) is 2.39. The van der Waals surface area contributed by atoms with E-state index in [1.807, 2.05) is 37.9 Å². The third-order valence-corrected chi connectivity index (χ3v) is 2.07. The molecule has 4 heteroatoms. The normalized spacial score (nSPS) is 12.6. The standard InChI is InChI=1S/C9H15N3O/c1-7-4-5-9(11-10-7)12(3)8(2)6-13/h4-5,8,13H,6H2,1-3H3. The Morgan fingerprint density at radius 2 is 2.15 bits per heavy atom. The Bertz CT molecular complexity index is 260. The smallest absolute Gasteiger partial charge is 0.151 e. The molecule has 0 amide bonds. The number of rotatable bonds is 3. The summed E-state index contributed by atoms with van der Waals surface area (Å²) in [7, 11) is 1.89. The summed E-state index contributed by atoms with van der Waals surface area (Å²) in [6.07, 6.45) is 0. The molecule has 0 aliphatic rings. The first-order valence-electron chi connectivity index (χ1n) is 4.29. The van der Waals surface area contributed by atoms with Crippen molar-refractivity contribution in [3.05, 3.63) is 17.8 Å². The van der Waals surface area contributed by atoms with Gasteiger partial charge in [-0.1, -0.05) is 0 Å². The van der Waals surface area contributed by atoms with Gasteiger partial charge in [0.15, 0.2) is 5.82 Å². The van der Waals surface area contributed by atoms with Crippen molar-refractivity contribution in [2.24, 2.45) is 0 Å². The Hall–Kier alpha value is -1.16. The van der Waals surface area contributed by atoms with Crippen LogP contribution in [0, 0.1) is 6.92 Å². The first kappa shape index (κ1) is 9.92. The Morgan fingerprint density at radius 1 is 1.46 bits per heavy atom. The molecule has 72 valence electrons. The minimum Gasteiger partial charge on any atom is -0.394 e. The van der Waals surface area contributed by atoms with Gasteiger partial charge in [-0.15, -0.1) is 5.10 Å². The van der Waals surface area contributed by atoms with Crippen LogP contribution in [0.1, 0.15) is 12.6 Å². The lowest BCUT2D eigenvalue weighted by molar-refractivity contribution is 0.269. The van der Waals surface area contributed by atoms with Crippen molar-refractivity contribution in [2.75, 3.05) is 18.6 Å². The van der Waals surface area contributed by atoms with Crippen molar-refractivity contribution in [3.8, 4) is 0 Å². The molecule has 1 atom stereocenters. The van der Waals surface area contributed by atoms with Crippen molar-refractivity contribution in [2.45, 2.75) is 19.9 Å². The molecule has 1 rings (SSSR count). The van der Waals surface area contributed by atoms with E-state index in [1.54, 1.807) is 0 Å². The molecule has 1 aromatic heterocycles. The van der Waals surface area contributed by atoms with Crippen LogP contribution < -0.4 is 4.90 Å². The van der Waals surface area contributed by atoms with E-state index in [1.165, 1.54) is 0 Å². The van der Waals surface area contributed by atoms with Gasteiger partial charge in [-0.2, -0.15) is 5.10 Å². The van der Waals surface area contributed by atoms with Crippen molar-refractivity contribution < 1.29 is 5.11 Å². The van der Waals surface area contributed by atoms with Crippen LogP contribution in [0.4, 0.5) is 5.82 Å². The molecule has 13 heavy (non-hydrogen) atoms. The maximum absolute atomic E-state index is 8.93. The Kier molecular flexibility index (Phi) is 3.19. The molecule has 0 radical (unpaired) electrons. The molecule has 0 bridgehead atoms. The van der Waals surface area contributed by atoms with E-state index >= 15 is 0 Å². The lowest BCUT2D eigenvalue weighted by atomic mass is 10.3. The Balaban J connectivity index is 2.77. The van der Waals surface area contributed by atoms with Crippen LogP contribution in [0.5, 0.6) is 0 Å². The lowest BCUT2D eigenvalue weighted by Gasteiger charge is -2.23. The molecular formula is C9H15N3O. The minimum atomic E-state index is 0.0667. The second-order valence-corrected chi connectivity index (χ2v) is 3.18. The van der Waals surface area contributed by atoms with Crippen LogP contribution in [0.2, 0.25) is 0 Å². The van der Waals surface area contributed by atoms with Crippen molar-refractivity contribution in [3.63, 3.8) is 0 Å². The molecule has 0 aliphatic carbocycles. The zero-order chi connectivity index (χ0) is 9.84. The highest BCUT2D eigenvalue weighted by Crippen LogP contribution is 2.09. The number of nitrogens with zero attached hydrogens (tertiary/aromatic N) is 3. The van der Waals surface area contributed by atoms with E-state index in [0.717, 1.165) is 11.5 Å². The third-order valence-electron chi connectivity index (χ3n) is 2.07. The number of hydrogen-bond donors (Lipinski definition) is 1. The minimum absolute atomic E-state index is 0.0667. The van der Waals surface area contributed by atoms with Crippen molar-refractivity contribution in [1.82, 2.24) is 10.2 Å². The van der Waals surface area contributed by atoms with Gasteiger partial charge in [0.1, 0.15) is 0 Å². The molecule has 1 N–H and O–H groups in total. The van der Waals surface area contributed by atoms with Gasteiger partial charge in [0.05, 0.1) is 18.3 Å². The van der Waals surface area contributed by atoms with Crippen molar-refractivity contribution in [1.29, 1.82) is 0 Å². The molecule has 1 unspecified atom stereocenters. The van der Waals surface area contributed by atoms with Gasteiger partial charge in [0.25, 0.3) is 0 Å². The quantitative estimate of drug-likeness (QED) is 0.742. The van der Waals surface area contributed by atoms with E-state index in [4.69, 9.17) is 5.11 Å². The molecule has 1 heterocycles. The molecule has 4 nitrogen and oxygen atoms in total. The molecule has 1 aromatic rings. The van der Waals surface area contributed by atoms with Gasteiger partial charge in [-0.05, 0) is 26.0 Å². The zero-order valence-corrected chi connectivity index (χ0v) is 8.23. The van der Waals surface area contributed by atoms with E-state index in [9.17, 15) is 0 Å². The summed E-state index contributed by atoms with van der Waals surface area (Å²) < 4.78 is 0. The number of likely N-dealkylation sites (N-methyl/N-ethyl adjacent to an activating group) is 1. The topological polar surface area (TPSA) is 49.2 Å². The van der Waals surface area contributed by atoms with Gasteiger partial charge < -0.3 is 10.0 Å². The fraction of sp³-hybridized carbons (Fsp3) is 0.556. The van der Waals surface area contributed by atoms with E-state index < -0.39 is 0 Å². The average molecular weight is 181 g/mol. The maximum Gasteiger partial charge on any atom is 0.151 e. The lowest BCUT2D eigenvalue weighted by Crippen LogP contribution is -2.32. The molecule has 0 aliphatic heterocycles. The summed E-state index contributed by atoms with van der Waals surface area (Å²) in [6.45, 7) is 3.94. The molecule has 0 aromatic carbocycles. The first-order valence-corrected chi connectivity index (χ1v) is 4.29. The van der Waals surface area contributed by atoms with Gasteiger partial charge in [-0.3, -0.25) is 0 Å². The van der Waals surface area contributed by atoms with Crippen LogP contribution in [-0.2, 0) is 0 Å². The van der Waals surface area contributed by atoms with Crippen LogP contribution in [0.3, 0.4) is 0 Å². The van der Waals surface area contributed by atoms with E-state index in [-0.39, 0.29) is 12.6 Å². The predicted molar refractivity (Wildman–Crippen MR) is 51.7 cm³/mol. The molecule has 0 spiro atoms. The van der Waals surface area contributed by atoms with Crippen LogP contribution in [-0.4, -0.2) is 35.0 Å². The summed E-state index contributed by atoms with van der Waals surface area (Å²) in [5.74, 6) is 0.784. The van der Waals surface area contributed by atoms with E-state index in [0.29, 0.717) is 0 Å². The summed E-state index contributed by atoms with van der Waals surface area (Å²) >= 11 is 0. The summed E-state index contributed by atoms with van der Waals surface area (Å²) in [5.41, 5.74) is 0.897. The van der Waals surface area contributed by atoms with Crippen LogP contribution in [0.25, 0.3) is 0 Å². The number of aliphatic hydroxyl groups is 1. The van der Waals surface area contributed by atoms with Gasteiger partial charge in [0, 0.05) is 7.05 Å². The molecule has 0 saturated carbocycles. The van der Waals surface area contributed by atoms with Crippen LogP contribution in [0.15, 0.2) is 12.1 Å². The number of hydrogen-bond acceptors (Lipinski definition) is 4. The molecule has 0 saturated heterocycles. The summed E-state index contributed by atoms with van der Waals surface area (Å²) in [5, 5.41) is 16.9. The summed E-state index contributed by atoms with van der Waals surface area (Å²) in [6, 6.07) is 3.87. The number of aliphatic hydroxyl groups excluding tert-OH is 1. The van der Waals surface area contributed by atoms with Gasteiger partial charge >= 0.3 is 0 Å². The maximum atomic E-state index is 8.93. The molecule has 0 fully saturated rings. The van der Waals surface area contributed by atoms with Crippen molar-refractivity contribution >= 4 is 5.82 Å². The Labute approximate surface area is 78.2 Å². The summed E-state index contributed by atoms with van der Waals surface area (Å²) in [4.78, 5) is 1.90. The first-order chi connectivity index (χ1) is 6.15. The molecular weight excluding hydrogens is 166 g/mol. The highest BCUT2D eigenvalue weighted by molar-refractivity contribution is 5.37. The monoisotopic (exact) mass is 181 g/mol. The fourth-order valence-electron chi connectivity index (χ4n) is 0.928. The van der Waals surface area contributed by atoms with Crippen LogP contribution >= 0.6 is 0 Å². The average Bonchev–Trinajstić information content (AvgIpc) is 2.17. The zero-order valence-electron chi connectivity index (χ0n) is 8.23.